The Kier molecular flexibility index (Phi) is 3.79. The Morgan fingerprint density at radius 3 is 2.43 bits per heavy atom. The van der Waals surface area contributed by atoms with Gasteiger partial charge in [0.05, 0.1) is 18.8 Å². The highest BCUT2D eigenvalue weighted by atomic mass is 16.5. The molecule has 2 aliphatic rings. The summed E-state index contributed by atoms with van der Waals surface area (Å²) in [5.41, 5.74) is 8.11. The molecule has 23 heavy (non-hydrogen) atoms. The van der Waals surface area contributed by atoms with E-state index in [0.717, 1.165) is 57.6 Å². The van der Waals surface area contributed by atoms with Gasteiger partial charge < -0.3 is 19.9 Å². The van der Waals surface area contributed by atoms with E-state index in [1.54, 1.807) is 0 Å². The van der Waals surface area contributed by atoms with Gasteiger partial charge in [-0.1, -0.05) is 18.0 Å². The Morgan fingerprint density at radius 2 is 1.74 bits per heavy atom. The summed E-state index contributed by atoms with van der Waals surface area (Å²) in [7, 11) is 0. The summed E-state index contributed by atoms with van der Waals surface area (Å²) in [5, 5.41) is 4.12. The van der Waals surface area contributed by atoms with Crippen LogP contribution in [0.5, 0.6) is 0 Å². The Balaban J connectivity index is 1.53. The largest absolute Gasteiger partial charge is 0.378 e. The summed E-state index contributed by atoms with van der Waals surface area (Å²) in [6, 6.07) is 8.25. The van der Waals surface area contributed by atoms with E-state index in [1.807, 2.05) is 12.1 Å². The predicted molar refractivity (Wildman–Crippen MR) is 87.1 cm³/mol. The SMILES string of the molecule is NC1(c2noc(-c3ccc(N4CCOCC4)cc3)n2)CCCC1. The van der Waals surface area contributed by atoms with E-state index >= 15 is 0 Å². The van der Waals surface area contributed by atoms with Crippen LogP contribution in [0, 0.1) is 0 Å². The monoisotopic (exact) mass is 314 g/mol. The first-order chi connectivity index (χ1) is 11.2. The molecule has 2 fully saturated rings. The molecular formula is C17H22N4O2. The van der Waals surface area contributed by atoms with Crippen LogP contribution in [0.2, 0.25) is 0 Å². The minimum atomic E-state index is -0.407. The van der Waals surface area contributed by atoms with E-state index in [-0.39, 0.29) is 0 Å². The van der Waals surface area contributed by atoms with E-state index in [4.69, 9.17) is 15.0 Å². The number of aromatic nitrogens is 2. The first-order valence-electron chi connectivity index (χ1n) is 8.31. The smallest absolute Gasteiger partial charge is 0.257 e. The molecule has 1 aromatic carbocycles. The van der Waals surface area contributed by atoms with Gasteiger partial charge in [-0.25, -0.2) is 0 Å². The van der Waals surface area contributed by atoms with Gasteiger partial charge in [0, 0.05) is 24.3 Å². The molecule has 6 heteroatoms. The molecule has 2 N–H and O–H groups in total. The maximum atomic E-state index is 6.39. The van der Waals surface area contributed by atoms with Crippen molar-refractivity contribution >= 4 is 5.69 Å². The Hall–Kier alpha value is -1.92. The minimum absolute atomic E-state index is 0.407. The Labute approximate surface area is 135 Å². The van der Waals surface area contributed by atoms with Crippen LogP contribution in [0.3, 0.4) is 0 Å². The van der Waals surface area contributed by atoms with Crippen molar-refractivity contribution in [3.05, 3.63) is 30.1 Å². The molecule has 4 rings (SSSR count). The fourth-order valence-electron chi connectivity index (χ4n) is 3.41. The lowest BCUT2D eigenvalue weighted by Crippen LogP contribution is -2.36. The number of rotatable bonds is 3. The standard InChI is InChI=1S/C17H22N4O2/c18-17(7-1-2-8-17)16-19-15(23-20-16)13-3-5-14(6-4-13)21-9-11-22-12-10-21/h3-6H,1-2,7-12,18H2. The number of morpholine rings is 1. The first-order valence-corrected chi connectivity index (χ1v) is 8.31. The molecule has 6 nitrogen and oxygen atoms in total. The summed E-state index contributed by atoms with van der Waals surface area (Å²) in [5.74, 6) is 1.19. The molecule has 0 spiro atoms. The summed E-state index contributed by atoms with van der Waals surface area (Å²) in [6.07, 6.45) is 4.13. The summed E-state index contributed by atoms with van der Waals surface area (Å²) in [6.45, 7) is 3.43. The van der Waals surface area contributed by atoms with Crippen molar-refractivity contribution in [3.8, 4) is 11.5 Å². The van der Waals surface area contributed by atoms with Crippen LogP contribution in [-0.2, 0) is 10.3 Å². The number of nitrogens with zero attached hydrogens (tertiary/aromatic N) is 3. The van der Waals surface area contributed by atoms with Gasteiger partial charge in [0.2, 0.25) is 0 Å². The maximum absolute atomic E-state index is 6.39. The molecule has 0 bridgehead atoms. The molecule has 1 saturated heterocycles. The van der Waals surface area contributed by atoms with Crippen molar-refractivity contribution in [1.82, 2.24) is 10.1 Å². The molecule has 1 aromatic heterocycles. The third kappa shape index (κ3) is 2.84. The molecule has 1 aliphatic heterocycles. The van der Waals surface area contributed by atoms with E-state index in [2.05, 4.69) is 27.2 Å². The molecule has 2 aromatic rings. The van der Waals surface area contributed by atoms with Crippen LogP contribution in [0.15, 0.2) is 28.8 Å². The van der Waals surface area contributed by atoms with Crippen LogP contribution in [0.25, 0.3) is 11.5 Å². The molecule has 0 unspecified atom stereocenters. The zero-order valence-electron chi connectivity index (χ0n) is 13.2. The normalized spacial score (nSPS) is 20.8. The van der Waals surface area contributed by atoms with Gasteiger partial charge in [0.15, 0.2) is 5.82 Å². The van der Waals surface area contributed by atoms with Crippen LogP contribution in [0.1, 0.15) is 31.5 Å². The van der Waals surface area contributed by atoms with E-state index < -0.39 is 5.54 Å². The lowest BCUT2D eigenvalue weighted by Gasteiger charge is -2.28. The van der Waals surface area contributed by atoms with Gasteiger partial charge in [-0.2, -0.15) is 4.98 Å². The van der Waals surface area contributed by atoms with Gasteiger partial charge in [0.25, 0.3) is 5.89 Å². The number of anilines is 1. The molecule has 122 valence electrons. The second-order valence-electron chi connectivity index (χ2n) is 6.43. The lowest BCUT2D eigenvalue weighted by atomic mass is 9.99. The third-order valence-corrected chi connectivity index (χ3v) is 4.86. The zero-order valence-corrected chi connectivity index (χ0v) is 13.2. The van der Waals surface area contributed by atoms with Crippen molar-refractivity contribution < 1.29 is 9.26 Å². The minimum Gasteiger partial charge on any atom is -0.378 e. The van der Waals surface area contributed by atoms with Gasteiger partial charge in [-0.15, -0.1) is 0 Å². The van der Waals surface area contributed by atoms with E-state index in [1.165, 1.54) is 5.69 Å². The Morgan fingerprint density at radius 1 is 1.04 bits per heavy atom. The van der Waals surface area contributed by atoms with E-state index in [9.17, 15) is 0 Å². The second kappa shape index (κ2) is 5.94. The van der Waals surface area contributed by atoms with Crippen molar-refractivity contribution in [2.75, 3.05) is 31.2 Å². The highest BCUT2D eigenvalue weighted by Gasteiger charge is 2.36. The van der Waals surface area contributed by atoms with Crippen molar-refractivity contribution in [2.45, 2.75) is 31.2 Å². The maximum Gasteiger partial charge on any atom is 0.257 e. The fraction of sp³-hybridized carbons (Fsp3) is 0.529. The van der Waals surface area contributed by atoms with Crippen LogP contribution in [0.4, 0.5) is 5.69 Å². The third-order valence-electron chi connectivity index (χ3n) is 4.86. The number of nitrogens with two attached hydrogens (primary N) is 1. The molecule has 0 amide bonds. The number of hydrogen-bond donors (Lipinski definition) is 1. The molecule has 1 saturated carbocycles. The zero-order chi connectivity index (χ0) is 15.7. The fourth-order valence-corrected chi connectivity index (χ4v) is 3.41. The average molecular weight is 314 g/mol. The topological polar surface area (TPSA) is 77.4 Å². The van der Waals surface area contributed by atoms with Gasteiger partial charge in [-0.3, -0.25) is 0 Å². The van der Waals surface area contributed by atoms with Crippen molar-refractivity contribution in [1.29, 1.82) is 0 Å². The molecule has 1 aliphatic carbocycles. The van der Waals surface area contributed by atoms with Crippen molar-refractivity contribution in [2.24, 2.45) is 5.73 Å². The quantitative estimate of drug-likeness (QED) is 0.936. The lowest BCUT2D eigenvalue weighted by molar-refractivity contribution is 0.122. The molecular weight excluding hydrogens is 292 g/mol. The van der Waals surface area contributed by atoms with Crippen LogP contribution >= 0.6 is 0 Å². The predicted octanol–water partition coefficient (Wildman–Crippen LogP) is 2.30. The van der Waals surface area contributed by atoms with Gasteiger partial charge in [-0.05, 0) is 37.1 Å². The van der Waals surface area contributed by atoms with Crippen LogP contribution in [-0.4, -0.2) is 36.4 Å². The highest BCUT2D eigenvalue weighted by molar-refractivity contribution is 5.59. The highest BCUT2D eigenvalue weighted by Crippen LogP contribution is 2.35. The molecule has 0 atom stereocenters. The average Bonchev–Trinajstić information content (AvgIpc) is 3.26. The second-order valence-corrected chi connectivity index (χ2v) is 6.43. The summed E-state index contributed by atoms with van der Waals surface area (Å²) < 4.78 is 10.8. The summed E-state index contributed by atoms with van der Waals surface area (Å²) >= 11 is 0. The van der Waals surface area contributed by atoms with E-state index in [0.29, 0.717) is 11.7 Å². The van der Waals surface area contributed by atoms with Gasteiger partial charge >= 0.3 is 0 Å². The first kappa shape index (κ1) is 14.7. The number of benzene rings is 1. The number of hydrogen-bond acceptors (Lipinski definition) is 6. The van der Waals surface area contributed by atoms with Crippen molar-refractivity contribution in [3.63, 3.8) is 0 Å². The number of ether oxygens (including phenoxy) is 1. The van der Waals surface area contributed by atoms with Gasteiger partial charge in [0.1, 0.15) is 0 Å². The summed E-state index contributed by atoms with van der Waals surface area (Å²) in [4.78, 5) is 6.86. The molecule has 0 radical (unpaired) electrons. The molecule has 2 heterocycles. The Bertz CT molecular complexity index is 655. The van der Waals surface area contributed by atoms with Crippen LogP contribution < -0.4 is 10.6 Å².